The number of anilines is 4. The third kappa shape index (κ3) is 4.91. The van der Waals surface area contributed by atoms with Crippen LogP contribution in [0.5, 0.6) is 5.75 Å². The number of nitrogens with two attached hydrogens (primary N) is 2. The highest BCUT2D eigenvalue weighted by molar-refractivity contribution is 5.99. The fraction of sp³-hybridized carbons (Fsp3) is 0.280. The van der Waals surface area contributed by atoms with Gasteiger partial charge in [-0.25, -0.2) is 9.37 Å². The van der Waals surface area contributed by atoms with Crippen molar-refractivity contribution in [2.75, 3.05) is 22.6 Å². The number of hydrogen-bond acceptors (Lipinski definition) is 8. The van der Waals surface area contributed by atoms with Gasteiger partial charge in [-0.05, 0) is 49.2 Å². The van der Waals surface area contributed by atoms with Crippen LogP contribution in [0.15, 0.2) is 42.6 Å². The summed E-state index contributed by atoms with van der Waals surface area (Å²) in [5, 5.41) is 8.94. The Morgan fingerprint density at radius 2 is 1.97 bits per heavy atom. The molecule has 2 aliphatic rings. The van der Waals surface area contributed by atoms with Crippen LogP contribution in [0.3, 0.4) is 0 Å². The molecule has 10 nitrogen and oxygen atoms in total. The van der Waals surface area contributed by atoms with Gasteiger partial charge >= 0.3 is 0 Å². The molecule has 2 aromatic heterocycles. The number of carbonyl (C=O) groups excluding carboxylic acids is 2. The first kappa shape index (κ1) is 23.5. The molecule has 1 aliphatic heterocycles. The number of primary amides is 1. The highest BCUT2D eigenvalue weighted by atomic mass is 19.1. The van der Waals surface area contributed by atoms with Crippen molar-refractivity contribution >= 4 is 34.8 Å². The first-order valence-corrected chi connectivity index (χ1v) is 11.7. The Morgan fingerprint density at radius 3 is 2.78 bits per heavy atom. The largest absolute Gasteiger partial charge is 0.482 e. The van der Waals surface area contributed by atoms with E-state index < -0.39 is 11.7 Å². The molecule has 36 heavy (non-hydrogen) atoms. The second kappa shape index (κ2) is 9.78. The van der Waals surface area contributed by atoms with E-state index in [1.807, 2.05) is 6.07 Å². The van der Waals surface area contributed by atoms with Gasteiger partial charge < -0.3 is 32.2 Å². The van der Waals surface area contributed by atoms with Crippen LogP contribution < -0.4 is 32.2 Å². The van der Waals surface area contributed by atoms with Gasteiger partial charge in [0.25, 0.3) is 11.8 Å². The molecule has 0 spiro atoms. The first-order chi connectivity index (χ1) is 17.4. The van der Waals surface area contributed by atoms with Crippen molar-refractivity contribution in [3.63, 3.8) is 0 Å². The smallest absolute Gasteiger partial charge is 0.262 e. The number of nitrogens with one attached hydrogen (secondary N) is 3. The Morgan fingerprint density at radius 1 is 1.14 bits per heavy atom. The van der Waals surface area contributed by atoms with E-state index in [-0.39, 0.29) is 41.8 Å². The van der Waals surface area contributed by atoms with Crippen LogP contribution in [0.4, 0.5) is 27.4 Å². The van der Waals surface area contributed by atoms with Crippen LogP contribution in [-0.2, 0) is 4.79 Å². The zero-order valence-corrected chi connectivity index (χ0v) is 19.4. The van der Waals surface area contributed by atoms with Gasteiger partial charge in [-0.15, -0.1) is 0 Å². The summed E-state index contributed by atoms with van der Waals surface area (Å²) >= 11 is 0. The van der Waals surface area contributed by atoms with Crippen molar-refractivity contribution in [1.29, 1.82) is 0 Å². The molecule has 0 saturated heterocycles. The molecule has 0 bridgehead atoms. The Hall–Kier alpha value is -4.25. The van der Waals surface area contributed by atoms with Crippen LogP contribution >= 0.6 is 0 Å². The van der Waals surface area contributed by atoms with Crippen molar-refractivity contribution in [1.82, 2.24) is 9.97 Å². The molecular weight excluding hydrogens is 465 g/mol. The molecule has 1 saturated carbocycles. The van der Waals surface area contributed by atoms with E-state index in [2.05, 4.69) is 25.9 Å². The average molecular weight is 492 g/mol. The van der Waals surface area contributed by atoms with Gasteiger partial charge in [-0.1, -0.05) is 12.8 Å². The van der Waals surface area contributed by atoms with Gasteiger partial charge in [0.1, 0.15) is 11.6 Å². The highest BCUT2D eigenvalue weighted by Crippen LogP contribution is 2.33. The number of aromatic nitrogens is 2. The third-order valence-corrected chi connectivity index (χ3v) is 6.31. The molecule has 11 heteroatoms. The lowest BCUT2D eigenvalue weighted by Gasteiger charge is -2.30. The Bertz CT molecular complexity index is 1330. The lowest BCUT2D eigenvalue weighted by molar-refractivity contribution is -0.118. The highest BCUT2D eigenvalue weighted by Gasteiger charge is 2.24. The van der Waals surface area contributed by atoms with E-state index in [1.165, 1.54) is 0 Å². The lowest BCUT2D eigenvalue weighted by Crippen LogP contribution is -2.43. The van der Waals surface area contributed by atoms with Gasteiger partial charge in [0, 0.05) is 29.5 Å². The first-order valence-electron chi connectivity index (χ1n) is 11.7. The summed E-state index contributed by atoms with van der Waals surface area (Å²) in [4.78, 5) is 32.5. The van der Waals surface area contributed by atoms with E-state index in [4.69, 9.17) is 16.2 Å². The van der Waals surface area contributed by atoms with E-state index in [0.717, 1.165) is 37.3 Å². The van der Waals surface area contributed by atoms with Crippen LogP contribution in [0.2, 0.25) is 0 Å². The average Bonchev–Trinajstić information content (AvgIpc) is 2.86. The lowest BCUT2D eigenvalue weighted by atomic mass is 9.91. The fourth-order valence-corrected chi connectivity index (χ4v) is 4.43. The van der Waals surface area contributed by atoms with Crippen molar-refractivity contribution < 1.29 is 18.7 Å². The number of pyridine rings is 2. The van der Waals surface area contributed by atoms with Crippen molar-refractivity contribution in [2.24, 2.45) is 11.5 Å². The molecule has 7 N–H and O–H groups in total. The molecule has 5 rings (SSSR count). The van der Waals surface area contributed by atoms with Crippen molar-refractivity contribution in [3.05, 3.63) is 54.0 Å². The third-order valence-electron chi connectivity index (χ3n) is 6.31. The van der Waals surface area contributed by atoms with E-state index in [1.54, 1.807) is 30.5 Å². The maximum Gasteiger partial charge on any atom is 0.262 e. The summed E-state index contributed by atoms with van der Waals surface area (Å²) in [6.07, 6.45) is 5.27. The molecule has 3 heterocycles. The number of ether oxygens (including phenoxy) is 1. The minimum Gasteiger partial charge on any atom is -0.482 e. The van der Waals surface area contributed by atoms with Gasteiger partial charge in [-0.2, -0.15) is 0 Å². The van der Waals surface area contributed by atoms with Gasteiger partial charge in [-0.3, -0.25) is 14.6 Å². The second-order valence-corrected chi connectivity index (χ2v) is 8.88. The van der Waals surface area contributed by atoms with Crippen LogP contribution in [0, 0.1) is 5.82 Å². The normalized spacial score (nSPS) is 19.0. The number of fused-ring (bicyclic) bond motifs is 1. The molecular formula is C25H26FN7O3. The minimum absolute atomic E-state index is 0.00422. The number of carbonyl (C=O) groups is 2. The standard InChI is InChI=1S/C25H26FN7O3/c26-16-11-15(23(28)35)24(33-25(16)32-18-4-2-1-3-17(18)27)30-14-7-8-29-19(10-14)13-5-6-21-20(9-13)31-22(34)12-36-21/h5-11,17-18H,1-4,12,27H2,(H2,28,35)(H,31,34)(H2,29,30,32,33). The Labute approximate surface area is 206 Å². The fourth-order valence-electron chi connectivity index (χ4n) is 4.43. The number of benzene rings is 1. The summed E-state index contributed by atoms with van der Waals surface area (Å²) < 4.78 is 20.2. The Balaban J connectivity index is 1.43. The maximum absolute atomic E-state index is 14.8. The van der Waals surface area contributed by atoms with E-state index >= 15 is 0 Å². The number of amides is 2. The van der Waals surface area contributed by atoms with Crippen molar-refractivity contribution in [2.45, 2.75) is 37.8 Å². The predicted molar refractivity (Wildman–Crippen MR) is 134 cm³/mol. The summed E-state index contributed by atoms with van der Waals surface area (Å²) in [5.41, 5.74) is 14.1. The van der Waals surface area contributed by atoms with E-state index in [0.29, 0.717) is 22.8 Å². The predicted octanol–water partition coefficient (Wildman–Crippen LogP) is 3.14. The van der Waals surface area contributed by atoms with Gasteiger partial charge in [0.2, 0.25) is 0 Å². The number of halogens is 1. The quantitative estimate of drug-likeness (QED) is 0.352. The number of rotatable bonds is 6. The molecule has 1 aliphatic carbocycles. The SMILES string of the molecule is NC(=O)c1cc(F)c(NC2CCCCC2N)nc1Nc1ccnc(-c2ccc3c(c2)NC(=O)CO3)c1. The number of hydrogen-bond donors (Lipinski definition) is 5. The topological polar surface area (TPSA) is 157 Å². The zero-order chi connectivity index (χ0) is 25.2. The van der Waals surface area contributed by atoms with Crippen molar-refractivity contribution in [3.8, 4) is 17.0 Å². The summed E-state index contributed by atoms with van der Waals surface area (Å²) in [6.45, 7) is -0.0274. The maximum atomic E-state index is 14.8. The minimum atomic E-state index is -0.815. The van der Waals surface area contributed by atoms with Crippen LogP contribution in [-0.4, -0.2) is 40.5 Å². The van der Waals surface area contributed by atoms with Crippen LogP contribution in [0.25, 0.3) is 11.3 Å². The van der Waals surface area contributed by atoms with E-state index in [9.17, 15) is 14.0 Å². The summed E-state index contributed by atoms with van der Waals surface area (Å²) in [7, 11) is 0. The van der Waals surface area contributed by atoms with Crippen LogP contribution in [0.1, 0.15) is 36.0 Å². The molecule has 186 valence electrons. The molecule has 3 aromatic rings. The number of nitrogens with zero attached hydrogens (tertiary/aromatic N) is 2. The molecule has 2 atom stereocenters. The molecule has 0 radical (unpaired) electrons. The zero-order valence-electron chi connectivity index (χ0n) is 19.4. The molecule has 2 unspecified atom stereocenters. The Kier molecular flexibility index (Phi) is 6.38. The molecule has 1 aromatic carbocycles. The summed E-state index contributed by atoms with van der Waals surface area (Å²) in [5.74, 6) is -1.04. The molecule has 2 amide bonds. The van der Waals surface area contributed by atoms with Gasteiger partial charge in [0.15, 0.2) is 18.2 Å². The van der Waals surface area contributed by atoms with Gasteiger partial charge in [0.05, 0.1) is 16.9 Å². The second-order valence-electron chi connectivity index (χ2n) is 8.88. The monoisotopic (exact) mass is 491 g/mol. The summed E-state index contributed by atoms with van der Waals surface area (Å²) in [6, 6.07) is 9.62. The molecule has 1 fully saturated rings.